The summed E-state index contributed by atoms with van der Waals surface area (Å²) in [4.78, 5) is 8.31. The molecule has 2 atom stereocenters. The van der Waals surface area contributed by atoms with Crippen LogP contribution in [0.25, 0.3) is 0 Å². The average Bonchev–Trinajstić information content (AvgIpc) is 2.28. The van der Waals surface area contributed by atoms with Crippen molar-refractivity contribution in [3.8, 4) is 0 Å². The highest BCUT2D eigenvalue weighted by molar-refractivity contribution is 6.30. The third-order valence-electron chi connectivity index (χ3n) is 3.94. The highest BCUT2D eigenvalue weighted by Gasteiger charge is 2.47. The van der Waals surface area contributed by atoms with Crippen LogP contribution in [0.15, 0.2) is 6.33 Å². The molecule has 0 amide bonds. The smallest absolute Gasteiger partial charge is 0.138 e. The van der Waals surface area contributed by atoms with Crippen LogP contribution in [-0.4, -0.2) is 27.2 Å². The highest BCUT2D eigenvalue weighted by Crippen LogP contribution is 2.43. The number of hydrogen-bond donors (Lipinski definition) is 2. The summed E-state index contributed by atoms with van der Waals surface area (Å²) in [5.41, 5.74) is 0.808. The van der Waals surface area contributed by atoms with Gasteiger partial charge >= 0.3 is 0 Å². The minimum atomic E-state index is -0.255. The monoisotopic (exact) mass is 269 g/mol. The molecule has 1 fully saturated rings. The molecule has 1 aromatic rings. The summed E-state index contributed by atoms with van der Waals surface area (Å²) in [5, 5.41) is 13.7. The quantitative estimate of drug-likeness (QED) is 0.829. The zero-order valence-electron chi connectivity index (χ0n) is 11.2. The van der Waals surface area contributed by atoms with Crippen molar-refractivity contribution in [2.45, 2.75) is 52.2 Å². The van der Waals surface area contributed by atoms with Gasteiger partial charge in [0.25, 0.3) is 0 Å². The third kappa shape index (κ3) is 2.19. The summed E-state index contributed by atoms with van der Waals surface area (Å²) in [6.45, 7) is 8.24. The van der Waals surface area contributed by atoms with Crippen molar-refractivity contribution in [2.24, 2.45) is 5.41 Å². The molecule has 5 heteroatoms. The molecule has 2 rings (SSSR count). The summed E-state index contributed by atoms with van der Waals surface area (Å²) in [7, 11) is 0. The number of aliphatic hydroxyl groups excluding tert-OH is 1. The lowest BCUT2D eigenvalue weighted by atomic mass is 9.64. The van der Waals surface area contributed by atoms with Crippen LogP contribution in [0.4, 0.5) is 5.82 Å². The molecule has 2 N–H and O–H groups in total. The highest BCUT2D eigenvalue weighted by atomic mass is 35.5. The normalized spacial score (nSPS) is 25.9. The second kappa shape index (κ2) is 4.67. The first-order chi connectivity index (χ1) is 8.34. The molecule has 0 aliphatic heterocycles. The first kappa shape index (κ1) is 13.6. The number of nitrogens with zero attached hydrogens (tertiary/aromatic N) is 2. The summed E-state index contributed by atoms with van der Waals surface area (Å²) in [5.74, 6) is 1.05. The Balaban J connectivity index is 2.23. The van der Waals surface area contributed by atoms with E-state index in [-0.39, 0.29) is 23.5 Å². The lowest BCUT2D eigenvalue weighted by Crippen LogP contribution is -2.57. The molecule has 0 saturated heterocycles. The fourth-order valence-corrected chi connectivity index (χ4v) is 2.66. The van der Waals surface area contributed by atoms with Crippen LogP contribution >= 0.6 is 11.6 Å². The maximum absolute atomic E-state index is 9.76. The Bertz CT molecular complexity index is 448. The van der Waals surface area contributed by atoms with Gasteiger partial charge in [-0.1, -0.05) is 39.3 Å². The number of aromatic nitrogens is 2. The van der Waals surface area contributed by atoms with Crippen molar-refractivity contribution in [2.75, 3.05) is 5.32 Å². The molecular weight excluding hydrogens is 250 g/mol. The lowest BCUT2D eigenvalue weighted by molar-refractivity contribution is -0.0511. The third-order valence-corrected chi connectivity index (χ3v) is 4.24. The Labute approximate surface area is 113 Å². The minimum Gasteiger partial charge on any atom is -0.392 e. The molecule has 2 unspecified atom stereocenters. The second-order valence-corrected chi connectivity index (χ2v) is 6.21. The van der Waals surface area contributed by atoms with Crippen LogP contribution in [0, 0.1) is 5.41 Å². The van der Waals surface area contributed by atoms with E-state index < -0.39 is 0 Å². The molecule has 100 valence electrons. The van der Waals surface area contributed by atoms with Gasteiger partial charge in [0.05, 0.1) is 6.10 Å². The van der Waals surface area contributed by atoms with Crippen LogP contribution in [0.5, 0.6) is 0 Å². The number of anilines is 1. The summed E-state index contributed by atoms with van der Waals surface area (Å²) in [6.07, 6.45) is 1.96. The maximum atomic E-state index is 9.76. The summed E-state index contributed by atoms with van der Waals surface area (Å²) in [6, 6.07) is 0.218. The van der Waals surface area contributed by atoms with E-state index in [2.05, 4.69) is 43.0 Å². The molecular formula is C13H20ClN3O. The molecule has 0 radical (unpaired) electrons. The molecule has 0 aromatic carbocycles. The average molecular weight is 270 g/mol. The van der Waals surface area contributed by atoms with E-state index in [0.29, 0.717) is 5.15 Å². The van der Waals surface area contributed by atoms with Gasteiger partial charge in [0.15, 0.2) is 0 Å². The Hall–Kier alpha value is -0.870. The first-order valence-corrected chi connectivity index (χ1v) is 6.66. The fourth-order valence-electron chi connectivity index (χ4n) is 2.31. The molecule has 1 saturated carbocycles. The lowest BCUT2D eigenvalue weighted by Gasteiger charge is -2.49. The van der Waals surface area contributed by atoms with Crippen LogP contribution < -0.4 is 5.32 Å². The molecule has 0 spiro atoms. The van der Waals surface area contributed by atoms with Crippen molar-refractivity contribution >= 4 is 17.4 Å². The van der Waals surface area contributed by atoms with E-state index in [1.807, 2.05) is 0 Å². The van der Waals surface area contributed by atoms with Gasteiger partial charge in [0, 0.05) is 17.0 Å². The molecule has 1 aliphatic carbocycles. The van der Waals surface area contributed by atoms with Crippen molar-refractivity contribution in [1.29, 1.82) is 0 Å². The van der Waals surface area contributed by atoms with Gasteiger partial charge < -0.3 is 10.4 Å². The van der Waals surface area contributed by atoms with E-state index in [4.69, 9.17) is 11.6 Å². The second-order valence-electron chi connectivity index (χ2n) is 5.85. The van der Waals surface area contributed by atoms with E-state index in [1.165, 1.54) is 6.33 Å². The molecule has 1 aliphatic rings. The van der Waals surface area contributed by atoms with E-state index in [0.717, 1.165) is 17.8 Å². The van der Waals surface area contributed by atoms with Crippen molar-refractivity contribution < 1.29 is 5.11 Å². The largest absolute Gasteiger partial charge is 0.392 e. The molecule has 1 aromatic heterocycles. The Morgan fingerprint density at radius 1 is 1.44 bits per heavy atom. The topological polar surface area (TPSA) is 58.0 Å². The van der Waals surface area contributed by atoms with Crippen LogP contribution in [0.1, 0.15) is 45.6 Å². The fraction of sp³-hybridized carbons (Fsp3) is 0.692. The number of aliphatic hydroxyl groups is 1. The predicted octanol–water partition coefficient (Wildman–Crippen LogP) is 2.82. The number of hydrogen-bond acceptors (Lipinski definition) is 4. The number of rotatable bonds is 3. The zero-order chi connectivity index (χ0) is 13.5. The molecule has 0 bridgehead atoms. The Morgan fingerprint density at radius 3 is 2.61 bits per heavy atom. The van der Waals surface area contributed by atoms with Crippen molar-refractivity contribution in [3.05, 3.63) is 17.0 Å². The van der Waals surface area contributed by atoms with Crippen molar-refractivity contribution in [1.82, 2.24) is 9.97 Å². The van der Waals surface area contributed by atoms with E-state index in [1.54, 1.807) is 0 Å². The summed E-state index contributed by atoms with van der Waals surface area (Å²) >= 11 is 6.13. The maximum Gasteiger partial charge on any atom is 0.138 e. The summed E-state index contributed by atoms with van der Waals surface area (Å²) < 4.78 is 0. The molecule has 4 nitrogen and oxygen atoms in total. The van der Waals surface area contributed by atoms with Crippen LogP contribution in [-0.2, 0) is 0 Å². The van der Waals surface area contributed by atoms with Gasteiger partial charge in [-0.15, -0.1) is 0 Å². The van der Waals surface area contributed by atoms with Gasteiger partial charge in [-0.25, -0.2) is 9.97 Å². The standard InChI is InChI=1S/C13H20ClN3O/c1-7(2)10-11(14)15-6-16-12(10)17-8-5-9(18)13(8,3)4/h6-9,18H,5H2,1-4H3,(H,15,16,17). The van der Waals surface area contributed by atoms with Gasteiger partial charge in [0.2, 0.25) is 0 Å². The molecule has 18 heavy (non-hydrogen) atoms. The molecule has 1 heterocycles. The minimum absolute atomic E-state index is 0.133. The van der Waals surface area contributed by atoms with Crippen LogP contribution in [0.3, 0.4) is 0 Å². The number of nitrogens with one attached hydrogen (secondary N) is 1. The zero-order valence-corrected chi connectivity index (χ0v) is 12.0. The first-order valence-electron chi connectivity index (χ1n) is 6.29. The van der Waals surface area contributed by atoms with E-state index in [9.17, 15) is 5.11 Å². The van der Waals surface area contributed by atoms with Gasteiger partial charge in [0.1, 0.15) is 17.3 Å². The SMILES string of the molecule is CC(C)c1c(Cl)ncnc1NC1CC(O)C1(C)C. The predicted molar refractivity (Wildman–Crippen MR) is 72.9 cm³/mol. The van der Waals surface area contributed by atoms with Crippen molar-refractivity contribution in [3.63, 3.8) is 0 Å². The van der Waals surface area contributed by atoms with Gasteiger partial charge in [-0.3, -0.25) is 0 Å². The Kier molecular flexibility index (Phi) is 3.52. The van der Waals surface area contributed by atoms with Crippen LogP contribution in [0.2, 0.25) is 5.15 Å². The van der Waals surface area contributed by atoms with Gasteiger partial charge in [-0.05, 0) is 12.3 Å². The Morgan fingerprint density at radius 2 is 2.11 bits per heavy atom. The number of halogens is 1. The van der Waals surface area contributed by atoms with E-state index >= 15 is 0 Å². The van der Waals surface area contributed by atoms with Gasteiger partial charge in [-0.2, -0.15) is 0 Å².